The number of carboxylic acids is 1. The van der Waals surface area contributed by atoms with E-state index in [2.05, 4.69) is 4.98 Å². The average molecular weight is 203 g/mol. The van der Waals surface area contributed by atoms with Gasteiger partial charge in [-0.3, -0.25) is 0 Å². The van der Waals surface area contributed by atoms with Crippen LogP contribution in [0.4, 0.5) is 0 Å². The molecule has 4 heteroatoms. The first-order valence-electron chi connectivity index (χ1n) is 4.42. The molecule has 0 aliphatic rings. The molecule has 0 spiro atoms. The Morgan fingerprint density at radius 1 is 1.33 bits per heavy atom. The minimum Gasteiger partial charge on any atom is -0.476 e. The quantitative estimate of drug-likeness (QED) is 0.813. The van der Waals surface area contributed by atoms with E-state index in [4.69, 9.17) is 9.52 Å². The highest BCUT2D eigenvalue weighted by atomic mass is 16.4. The van der Waals surface area contributed by atoms with E-state index in [1.54, 1.807) is 0 Å². The molecule has 15 heavy (non-hydrogen) atoms. The van der Waals surface area contributed by atoms with Crippen LogP contribution >= 0.6 is 0 Å². The zero-order valence-corrected chi connectivity index (χ0v) is 8.10. The minimum atomic E-state index is -1.09. The summed E-state index contributed by atoms with van der Waals surface area (Å²) in [7, 11) is 0. The largest absolute Gasteiger partial charge is 0.476 e. The molecule has 0 amide bonds. The van der Waals surface area contributed by atoms with Gasteiger partial charge in [0.05, 0.1) is 0 Å². The summed E-state index contributed by atoms with van der Waals surface area (Å²) in [6.07, 6.45) is 1.14. The molecule has 0 radical (unpaired) electrons. The monoisotopic (exact) mass is 203 g/mol. The molecule has 0 bridgehead atoms. The van der Waals surface area contributed by atoms with Crippen LogP contribution in [0.25, 0.3) is 11.5 Å². The smallest absolute Gasteiger partial charge is 0.357 e. The summed E-state index contributed by atoms with van der Waals surface area (Å²) in [4.78, 5) is 14.4. The van der Waals surface area contributed by atoms with E-state index in [9.17, 15) is 4.79 Å². The number of oxazole rings is 1. The molecule has 0 saturated carbocycles. The molecule has 1 heterocycles. The number of hydrogen-bond acceptors (Lipinski definition) is 3. The number of aryl methyl sites for hydroxylation is 1. The second kappa shape index (κ2) is 3.57. The van der Waals surface area contributed by atoms with Gasteiger partial charge in [-0.1, -0.05) is 17.7 Å². The van der Waals surface area contributed by atoms with Crippen LogP contribution in [0.3, 0.4) is 0 Å². The molecule has 1 N–H and O–H groups in total. The number of aromatic nitrogens is 1. The third-order valence-electron chi connectivity index (χ3n) is 2.02. The van der Waals surface area contributed by atoms with Crippen molar-refractivity contribution in [1.82, 2.24) is 4.98 Å². The Labute approximate surface area is 86.2 Å². The first-order valence-corrected chi connectivity index (χ1v) is 4.42. The van der Waals surface area contributed by atoms with Crippen LogP contribution in [-0.2, 0) is 0 Å². The van der Waals surface area contributed by atoms with E-state index in [1.165, 1.54) is 0 Å². The van der Waals surface area contributed by atoms with E-state index < -0.39 is 5.97 Å². The highest BCUT2D eigenvalue weighted by Gasteiger charge is 2.11. The van der Waals surface area contributed by atoms with E-state index in [1.807, 2.05) is 31.2 Å². The fourth-order valence-electron chi connectivity index (χ4n) is 1.20. The molecular weight excluding hydrogens is 194 g/mol. The summed E-state index contributed by atoms with van der Waals surface area (Å²) >= 11 is 0. The van der Waals surface area contributed by atoms with Crippen molar-refractivity contribution >= 4 is 5.97 Å². The van der Waals surface area contributed by atoms with Gasteiger partial charge in [-0.05, 0) is 19.1 Å². The predicted molar refractivity (Wildman–Crippen MR) is 53.6 cm³/mol. The van der Waals surface area contributed by atoms with Crippen LogP contribution in [0.15, 0.2) is 34.9 Å². The summed E-state index contributed by atoms with van der Waals surface area (Å²) in [5, 5.41) is 8.67. The predicted octanol–water partition coefficient (Wildman–Crippen LogP) is 2.35. The summed E-state index contributed by atoms with van der Waals surface area (Å²) in [6, 6.07) is 7.51. The Kier molecular flexibility index (Phi) is 2.25. The molecule has 0 aliphatic carbocycles. The van der Waals surface area contributed by atoms with Crippen LogP contribution in [0.1, 0.15) is 16.1 Å². The van der Waals surface area contributed by atoms with Gasteiger partial charge in [-0.15, -0.1) is 0 Å². The SMILES string of the molecule is Cc1ccc(-c2nc(C(=O)O)co2)cc1. The van der Waals surface area contributed by atoms with E-state index in [0.717, 1.165) is 17.4 Å². The maximum absolute atomic E-state index is 10.6. The lowest BCUT2D eigenvalue weighted by atomic mass is 10.1. The molecule has 0 unspecified atom stereocenters. The molecule has 76 valence electrons. The van der Waals surface area contributed by atoms with Gasteiger partial charge in [0.2, 0.25) is 5.89 Å². The van der Waals surface area contributed by atoms with Crippen LogP contribution in [0.5, 0.6) is 0 Å². The molecule has 0 saturated heterocycles. The molecule has 2 aromatic rings. The summed E-state index contributed by atoms with van der Waals surface area (Å²) in [5.41, 5.74) is 1.82. The standard InChI is InChI=1S/C11H9NO3/c1-7-2-4-8(5-3-7)10-12-9(6-15-10)11(13)14/h2-6H,1H3,(H,13,14). The second-order valence-electron chi connectivity index (χ2n) is 3.21. The van der Waals surface area contributed by atoms with Gasteiger partial charge >= 0.3 is 5.97 Å². The lowest BCUT2D eigenvalue weighted by Gasteiger charge is -1.95. The number of nitrogens with zero attached hydrogens (tertiary/aromatic N) is 1. The summed E-state index contributed by atoms with van der Waals surface area (Å²) < 4.78 is 5.06. The molecule has 0 atom stereocenters. The first kappa shape index (κ1) is 9.45. The fraction of sp³-hybridized carbons (Fsp3) is 0.0909. The Bertz CT molecular complexity index is 485. The van der Waals surface area contributed by atoms with Gasteiger partial charge in [0.15, 0.2) is 5.69 Å². The lowest BCUT2D eigenvalue weighted by molar-refractivity contribution is 0.0690. The zero-order valence-electron chi connectivity index (χ0n) is 8.10. The Morgan fingerprint density at radius 2 is 2.00 bits per heavy atom. The topological polar surface area (TPSA) is 63.3 Å². The van der Waals surface area contributed by atoms with Crippen LogP contribution in [0, 0.1) is 6.92 Å². The van der Waals surface area contributed by atoms with Gasteiger partial charge < -0.3 is 9.52 Å². The molecule has 1 aromatic carbocycles. The van der Waals surface area contributed by atoms with Crippen molar-refractivity contribution in [2.45, 2.75) is 6.92 Å². The molecule has 1 aromatic heterocycles. The van der Waals surface area contributed by atoms with Crippen LogP contribution in [0.2, 0.25) is 0 Å². The number of hydrogen-bond donors (Lipinski definition) is 1. The Hall–Kier alpha value is -2.10. The third kappa shape index (κ3) is 1.88. The van der Waals surface area contributed by atoms with Crippen LogP contribution in [-0.4, -0.2) is 16.1 Å². The lowest BCUT2D eigenvalue weighted by Crippen LogP contribution is -1.95. The van der Waals surface area contributed by atoms with Crippen molar-refractivity contribution in [1.29, 1.82) is 0 Å². The van der Waals surface area contributed by atoms with Crippen LogP contribution < -0.4 is 0 Å². The molecule has 2 rings (SSSR count). The molecule has 4 nitrogen and oxygen atoms in total. The highest BCUT2D eigenvalue weighted by molar-refractivity contribution is 5.85. The number of aromatic carboxylic acids is 1. The number of rotatable bonds is 2. The van der Waals surface area contributed by atoms with Crippen molar-refractivity contribution in [2.24, 2.45) is 0 Å². The summed E-state index contributed by atoms with van der Waals surface area (Å²) in [6.45, 7) is 1.97. The van der Waals surface area contributed by atoms with Gasteiger partial charge in [0.25, 0.3) is 0 Å². The van der Waals surface area contributed by atoms with E-state index in [-0.39, 0.29) is 5.69 Å². The highest BCUT2D eigenvalue weighted by Crippen LogP contribution is 2.18. The maximum atomic E-state index is 10.6. The Morgan fingerprint density at radius 3 is 2.53 bits per heavy atom. The number of carboxylic acid groups (broad SMARTS) is 1. The van der Waals surface area contributed by atoms with Crippen molar-refractivity contribution in [2.75, 3.05) is 0 Å². The van der Waals surface area contributed by atoms with Crippen molar-refractivity contribution in [3.05, 3.63) is 41.8 Å². The number of carbonyl (C=O) groups is 1. The fourth-order valence-corrected chi connectivity index (χ4v) is 1.20. The zero-order chi connectivity index (χ0) is 10.8. The average Bonchev–Trinajstić information content (AvgIpc) is 2.68. The van der Waals surface area contributed by atoms with E-state index in [0.29, 0.717) is 5.89 Å². The van der Waals surface area contributed by atoms with E-state index >= 15 is 0 Å². The Balaban J connectivity index is 2.37. The van der Waals surface area contributed by atoms with Crippen molar-refractivity contribution < 1.29 is 14.3 Å². The first-order chi connectivity index (χ1) is 7.16. The molecule has 0 fully saturated rings. The van der Waals surface area contributed by atoms with Gasteiger partial charge in [-0.2, -0.15) is 0 Å². The second-order valence-corrected chi connectivity index (χ2v) is 3.21. The normalized spacial score (nSPS) is 10.2. The molecule has 0 aliphatic heterocycles. The number of benzene rings is 1. The third-order valence-corrected chi connectivity index (χ3v) is 2.02. The minimum absolute atomic E-state index is 0.0782. The van der Waals surface area contributed by atoms with Gasteiger partial charge in [0.1, 0.15) is 6.26 Å². The maximum Gasteiger partial charge on any atom is 0.357 e. The molecular formula is C11H9NO3. The van der Waals surface area contributed by atoms with Gasteiger partial charge in [0, 0.05) is 5.56 Å². The van der Waals surface area contributed by atoms with Crippen molar-refractivity contribution in [3.63, 3.8) is 0 Å². The van der Waals surface area contributed by atoms with Gasteiger partial charge in [-0.25, -0.2) is 9.78 Å². The van der Waals surface area contributed by atoms with Crippen molar-refractivity contribution in [3.8, 4) is 11.5 Å². The summed E-state index contributed by atoms with van der Waals surface area (Å²) in [5.74, 6) is -0.760.